The number of ether oxygens (including phenoxy) is 4. The van der Waals surface area contributed by atoms with Crippen molar-refractivity contribution in [2.45, 2.75) is 78.6 Å². The molecule has 236 valence electrons. The van der Waals surface area contributed by atoms with Gasteiger partial charge in [0.15, 0.2) is 0 Å². The molecule has 0 saturated heterocycles. The molecule has 0 amide bonds. The van der Waals surface area contributed by atoms with Gasteiger partial charge in [-0.3, -0.25) is 0 Å². The van der Waals surface area contributed by atoms with E-state index >= 15 is 0 Å². The van der Waals surface area contributed by atoms with Gasteiger partial charge in [0.2, 0.25) is 0 Å². The normalized spacial score (nSPS) is 11.5. The fourth-order valence-corrected chi connectivity index (χ4v) is 4.24. The van der Waals surface area contributed by atoms with Gasteiger partial charge < -0.3 is 18.9 Å². The minimum Gasteiger partial charge on any atom is -0.494 e. The summed E-state index contributed by atoms with van der Waals surface area (Å²) in [7, 11) is 0. The Kier molecular flexibility index (Phi) is 14.4. The molecular formula is C36H43FO7. The van der Waals surface area contributed by atoms with E-state index in [0.29, 0.717) is 17.9 Å². The average Bonchev–Trinajstić information content (AvgIpc) is 3.03. The third kappa shape index (κ3) is 11.5. The lowest BCUT2D eigenvalue weighted by molar-refractivity contribution is 0.0441. The largest absolute Gasteiger partial charge is 0.494 e. The number of esters is 3. The Hall–Kier alpha value is -4.20. The van der Waals surface area contributed by atoms with E-state index in [1.807, 2.05) is 13.8 Å². The van der Waals surface area contributed by atoms with Gasteiger partial charge >= 0.3 is 17.9 Å². The second-order valence-electron chi connectivity index (χ2n) is 10.9. The molecule has 7 nitrogen and oxygen atoms in total. The molecule has 44 heavy (non-hydrogen) atoms. The van der Waals surface area contributed by atoms with E-state index in [1.165, 1.54) is 74.9 Å². The maximum Gasteiger partial charge on any atom is 0.343 e. The Labute approximate surface area is 259 Å². The van der Waals surface area contributed by atoms with E-state index in [-0.39, 0.29) is 35.2 Å². The lowest BCUT2D eigenvalue weighted by Crippen LogP contribution is -2.13. The van der Waals surface area contributed by atoms with E-state index in [0.717, 1.165) is 25.3 Å². The summed E-state index contributed by atoms with van der Waals surface area (Å²) >= 11 is 0. The fraction of sp³-hybridized carbons (Fsp3) is 0.417. The summed E-state index contributed by atoms with van der Waals surface area (Å²) < 4.78 is 36.1. The third-order valence-corrected chi connectivity index (χ3v) is 7.22. The minimum absolute atomic E-state index is 0.0632. The zero-order valence-corrected chi connectivity index (χ0v) is 25.9. The summed E-state index contributed by atoms with van der Waals surface area (Å²) in [4.78, 5) is 37.3. The summed E-state index contributed by atoms with van der Waals surface area (Å²) in [6.07, 6.45) is 10.7. The first kappa shape index (κ1) is 34.3. The van der Waals surface area contributed by atoms with E-state index in [9.17, 15) is 18.8 Å². The molecule has 0 aliphatic carbocycles. The molecule has 3 aromatic rings. The Morgan fingerprint density at radius 3 is 1.75 bits per heavy atom. The van der Waals surface area contributed by atoms with Crippen molar-refractivity contribution in [2.24, 2.45) is 5.92 Å². The van der Waals surface area contributed by atoms with Crippen molar-refractivity contribution in [1.29, 1.82) is 0 Å². The van der Waals surface area contributed by atoms with Crippen LogP contribution >= 0.6 is 0 Å². The number of benzene rings is 3. The Morgan fingerprint density at radius 1 is 0.659 bits per heavy atom. The van der Waals surface area contributed by atoms with E-state index in [1.54, 1.807) is 24.3 Å². The monoisotopic (exact) mass is 606 g/mol. The molecule has 0 aromatic heterocycles. The van der Waals surface area contributed by atoms with Crippen molar-refractivity contribution < 1.29 is 37.7 Å². The van der Waals surface area contributed by atoms with Crippen LogP contribution in [0.2, 0.25) is 0 Å². The zero-order chi connectivity index (χ0) is 31.7. The molecule has 0 spiro atoms. The predicted molar refractivity (Wildman–Crippen MR) is 167 cm³/mol. The Bertz CT molecular complexity index is 1340. The lowest BCUT2D eigenvalue weighted by Gasteiger charge is -2.11. The van der Waals surface area contributed by atoms with Crippen LogP contribution in [0.5, 0.6) is 17.2 Å². The number of rotatable bonds is 18. The molecule has 8 heteroatoms. The van der Waals surface area contributed by atoms with Crippen LogP contribution < -0.4 is 14.2 Å². The minimum atomic E-state index is -0.852. The van der Waals surface area contributed by atoms with Crippen LogP contribution in [0.4, 0.5) is 4.39 Å². The van der Waals surface area contributed by atoms with Gasteiger partial charge in [-0.15, -0.1) is 0 Å². The predicted octanol–water partition coefficient (Wildman–Crippen LogP) is 8.99. The maximum absolute atomic E-state index is 14.5. The van der Waals surface area contributed by atoms with Gasteiger partial charge in [-0.1, -0.05) is 72.1 Å². The third-order valence-electron chi connectivity index (χ3n) is 7.22. The quantitative estimate of drug-likeness (QED) is 0.0811. The summed E-state index contributed by atoms with van der Waals surface area (Å²) in [5.74, 6) is -1.87. The Balaban J connectivity index is 1.43. The second kappa shape index (κ2) is 18.5. The van der Waals surface area contributed by atoms with Crippen molar-refractivity contribution in [3.63, 3.8) is 0 Å². The van der Waals surface area contributed by atoms with Gasteiger partial charge in [-0.25, -0.2) is 18.8 Å². The highest BCUT2D eigenvalue weighted by molar-refractivity contribution is 5.93. The van der Waals surface area contributed by atoms with E-state index in [2.05, 4.69) is 6.92 Å². The molecule has 0 saturated carbocycles. The van der Waals surface area contributed by atoms with Gasteiger partial charge in [0.1, 0.15) is 23.1 Å². The molecule has 0 heterocycles. The number of carbonyl (C=O) groups is 3. The molecule has 0 N–H and O–H groups in total. The molecule has 0 aliphatic rings. The SMILES string of the molecule is CCCCCCCCCCOc1ccc(C(=O)Oc2ccc(C(=O)Oc3ccc(C(=O)OC[C@@H](C)CC)c(F)c3)cc2)cc1. The molecule has 3 aromatic carbocycles. The van der Waals surface area contributed by atoms with Gasteiger partial charge in [-0.05, 0) is 73.0 Å². The molecule has 0 fully saturated rings. The highest BCUT2D eigenvalue weighted by atomic mass is 19.1. The van der Waals surface area contributed by atoms with Crippen LogP contribution in [0, 0.1) is 11.7 Å². The van der Waals surface area contributed by atoms with Gasteiger partial charge in [0.25, 0.3) is 0 Å². The summed E-state index contributed by atoms with van der Waals surface area (Å²) in [6.45, 7) is 6.95. The van der Waals surface area contributed by atoms with Crippen LogP contribution in [0.25, 0.3) is 0 Å². The number of halogens is 1. The van der Waals surface area contributed by atoms with Crippen molar-refractivity contribution in [2.75, 3.05) is 13.2 Å². The topological polar surface area (TPSA) is 88.1 Å². The van der Waals surface area contributed by atoms with Crippen molar-refractivity contribution >= 4 is 17.9 Å². The molecule has 0 aliphatic heterocycles. The molecule has 0 bridgehead atoms. The first-order valence-electron chi connectivity index (χ1n) is 15.5. The molecule has 0 radical (unpaired) electrons. The van der Waals surface area contributed by atoms with Crippen LogP contribution in [0.1, 0.15) is 110 Å². The van der Waals surface area contributed by atoms with Gasteiger partial charge in [0, 0.05) is 6.07 Å². The highest BCUT2D eigenvalue weighted by Gasteiger charge is 2.17. The number of carbonyl (C=O) groups excluding carboxylic acids is 3. The highest BCUT2D eigenvalue weighted by Crippen LogP contribution is 2.21. The average molecular weight is 607 g/mol. The van der Waals surface area contributed by atoms with Crippen molar-refractivity contribution in [3.8, 4) is 17.2 Å². The fourth-order valence-electron chi connectivity index (χ4n) is 4.24. The van der Waals surface area contributed by atoms with Crippen LogP contribution in [-0.4, -0.2) is 31.1 Å². The summed E-state index contributed by atoms with van der Waals surface area (Å²) in [5, 5.41) is 0. The van der Waals surface area contributed by atoms with Crippen molar-refractivity contribution in [1.82, 2.24) is 0 Å². The number of hydrogen-bond acceptors (Lipinski definition) is 7. The first-order chi connectivity index (χ1) is 21.3. The van der Waals surface area contributed by atoms with Gasteiger partial charge in [-0.2, -0.15) is 0 Å². The van der Waals surface area contributed by atoms with E-state index in [4.69, 9.17) is 18.9 Å². The van der Waals surface area contributed by atoms with Crippen LogP contribution in [0.3, 0.4) is 0 Å². The molecule has 1 atom stereocenters. The molecular weight excluding hydrogens is 563 g/mol. The molecule has 0 unspecified atom stereocenters. The van der Waals surface area contributed by atoms with E-state index < -0.39 is 23.7 Å². The molecule has 3 rings (SSSR count). The van der Waals surface area contributed by atoms with Crippen molar-refractivity contribution in [3.05, 3.63) is 89.2 Å². The maximum atomic E-state index is 14.5. The standard InChI is InChI=1S/C36H43FO7/c1-4-6-7-8-9-10-11-12-23-41-29-17-13-27(14-18-29)34(38)43-30-19-15-28(16-20-30)35(39)44-31-21-22-32(33(37)24-31)36(40)42-25-26(3)5-2/h13-22,24,26H,4-12,23,25H2,1-3H3/t26-/m0/s1. The van der Waals surface area contributed by atoms with Gasteiger partial charge in [0.05, 0.1) is 29.9 Å². The lowest BCUT2D eigenvalue weighted by atomic mass is 10.1. The number of unbranched alkanes of at least 4 members (excludes halogenated alkanes) is 7. The van der Waals surface area contributed by atoms with Crippen LogP contribution in [0.15, 0.2) is 66.7 Å². The second-order valence-corrected chi connectivity index (χ2v) is 10.9. The summed E-state index contributed by atoms with van der Waals surface area (Å²) in [6, 6.07) is 16.1. The van der Waals surface area contributed by atoms with Crippen LogP contribution in [-0.2, 0) is 4.74 Å². The number of hydrogen-bond donors (Lipinski definition) is 0. The smallest absolute Gasteiger partial charge is 0.343 e. The zero-order valence-electron chi connectivity index (χ0n) is 25.9. The summed E-state index contributed by atoms with van der Waals surface area (Å²) in [5.41, 5.74) is 0.294. The first-order valence-corrected chi connectivity index (χ1v) is 15.5. The Morgan fingerprint density at radius 2 is 1.18 bits per heavy atom.